The molecule has 0 unspecified atom stereocenters. The van der Waals surface area contributed by atoms with Crippen molar-refractivity contribution in [1.29, 1.82) is 0 Å². The molecule has 4 nitrogen and oxygen atoms in total. The molecule has 2 rings (SSSR count). The Morgan fingerprint density at radius 1 is 1.15 bits per heavy atom. The highest BCUT2D eigenvalue weighted by molar-refractivity contribution is 5.35. The van der Waals surface area contributed by atoms with Crippen LogP contribution in [0, 0.1) is 0 Å². The van der Waals surface area contributed by atoms with Gasteiger partial charge in [0.2, 0.25) is 5.88 Å². The maximum absolute atomic E-state index is 6.09. The maximum atomic E-state index is 6.09. The minimum atomic E-state index is -0.00975. The topological polar surface area (TPSA) is 57.4 Å². The van der Waals surface area contributed by atoms with E-state index in [0.717, 1.165) is 23.4 Å². The van der Waals surface area contributed by atoms with Crippen LogP contribution in [0.5, 0.6) is 11.6 Å². The summed E-state index contributed by atoms with van der Waals surface area (Å²) in [5.74, 6) is 1.40. The average Bonchev–Trinajstić information content (AvgIpc) is 2.52. The summed E-state index contributed by atoms with van der Waals surface area (Å²) in [6, 6.07) is 13.5. The lowest BCUT2D eigenvalue weighted by atomic mass is 10.0. The zero-order valence-corrected chi connectivity index (χ0v) is 11.9. The maximum Gasteiger partial charge on any atom is 0.213 e. The standard InChI is InChI=1S/C16H20N2O2/c1-3-14(17)13-8-4-5-9-15(13)20-11-12-7-6-10-16(18-12)19-2/h4-10,14H,3,11,17H2,1-2H3/t14-/m0/s1. The van der Waals surface area contributed by atoms with E-state index in [1.165, 1.54) is 0 Å². The van der Waals surface area contributed by atoms with Gasteiger partial charge in [0.1, 0.15) is 12.4 Å². The molecule has 0 saturated heterocycles. The highest BCUT2D eigenvalue weighted by Crippen LogP contribution is 2.26. The number of hydrogen-bond donors (Lipinski definition) is 1. The van der Waals surface area contributed by atoms with Gasteiger partial charge in [-0.05, 0) is 18.6 Å². The van der Waals surface area contributed by atoms with E-state index in [1.54, 1.807) is 7.11 Å². The zero-order valence-electron chi connectivity index (χ0n) is 11.9. The molecule has 1 atom stereocenters. The van der Waals surface area contributed by atoms with Gasteiger partial charge in [-0.3, -0.25) is 0 Å². The van der Waals surface area contributed by atoms with E-state index in [4.69, 9.17) is 15.2 Å². The normalized spacial score (nSPS) is 11.9. The second-order valence-corrected chi connectivity index (χ2v) is 4.51. The first kappa shape index (κ1) is 14.3. The quantitative estimate of drug-likeness (QED) is 0.878. The lowest BCUT2D eigenvalue weighted by molar-refractivity contribution is 0.293. The van der Waals surface area contributed by atoms with Crippen LogP contribution in [0.25, 0.3) is 0 Å². The molecule has 0 fully saturated rings. The third kappa shape index (κ3) is 3.48. The summed E-state index contributed by atoms with van der Waals surface area (Å²) >= 11 is 0. The Labute approximate surface area is 119 Å². The number of para-hydroxylation sites is 1. The van der Waals surface area contributed by atoms with Gasteiger partial charge in [0.25, 0.3) is 0 Å². The molecule has 106 valence electrons. The highest BCUT2D eigenvalue weighted by atomic mass is 16.5. The van der Waals surface area contributed by atoms with Crippen molar-refractivity contribution >= 4 is 0 Å². The molecule has 0 radical (unpaired) electrons. The van der Waals surface area contributed by atoms with Gasteiger partial charge in [-0.1, -0.05) is 31.2 Å². The smallest absolute Gasteiger partial charge is 0.213 e. The van der Waals surface area contributed by atoms with Crippen LogP contribution in [0.1, 0.15) is 30.6 Å². The number of nitrogens with zero attached hydrogens (tertiary/aromatic N) is 1. The van der Waals surface area contributed by atoms with E-state index in [1.807, 2.05) is 42.5 Å². The predicted molar refractivity (Wildman–Crippen MR) is 78.8 cm³/mol. The number of hydrogen-bond acceptors (Lipinski definition) is 4. The van der Waals surface area contributed by atoms with E-state index in [2.05, 4.69) is 11.9 Å². The van der Waals surface area contributed by atoms with Gasteiger partial charge in [0.15, 0.2) is 0 Å². The first-order chi connectivity index (χ1) is 9.74. The van der Waals surface area contributed by atoms with Crippen LogP contribution in [0.2, 0.25) is 0 Å². The molecule has 0 aliphatic carbocycles. The fourth-order valence-electron chi connectivity index (χ4n) is 1.94. The Morgan fingerprint density at radius 2 is 1.95 bits per heavy atom. The lowest BCUT2D eigenvalue weighted by Gasteiger charge is -2.15. The highest BCUT2D eigenvalue weighted by Gasteiger charge is 2.10. The molecule has 0 aliphatic heterocycles. The Hall–Kier alpha value is -2.07. The Balaban J connectivity index is 2.10. The van der Waals surface area contributed by atoms with E-state index in [-0.39, 0.29) is 6.04 Å². The molecule has 4 heteroatoms. The van der Waals surface area contributed by atoms with Crippen LogP contribution in [-0.4, -0.2) is 12.1 Å². The Bertz CT molecular complexity index is 558. The van der Waals surface area contributed by atoms with E-state index < -0.39 is 0 Å². The van der Waals surface area contributed by atoms with Crippen molar-refractivity contribution in [3.8, 4) is 11.6 Å². The van der Waals surface area contributed by atoms with Crippen molar-refractivity contribution in [1.82, 2.24) is 4.98 Å². The van der Waals surface area contributed by atoms with Crippen molar-refractivity contribution in [2.75, 3.05) is 7.11 Å². The van der Waals surface area contributed by atoms with Gasteiger partial charge in [-0.25, -0.2) is 4.98 Å². The van der Waals surface area contributed by atoms with Crippen molar-refractivity contribution in [3.63, 3.8) is 0 Å². The fraction of sp³-hybridized carbons (Fsp3) is 0.312. The van der Waals surface area contributed by atoms with Crippen LogP contribution in [0.15, 0.2) is 42.5 Å². The fourth-order valence-corrected chi connectivity index (χ4v) is 1.94. The number of ether oxygens (including phenoxy) is 2. The number of benzene rings is 1. The molecule has 1 aromatic carbocycles. The number of pyridine rings is 1. The first-order valence-corrected chi connectivity index (χ1v) is 6.71. The molecule has 2 aromatic rings. The second-order valence-electron chi connectivity index (χ2n) is 4.51. The molecule has 0 saturated carbocycles. The number of methoxy groups -OCH3 is 1. The van der Waals surface area contributed by atoms with Crippen molar-refractivity contribution in [2.45, 2.75) is 26.0 Å². The van der Waals surface area contributed by atoms with Crippen LogP contribution in [0.4, 0.5) is 0 Å². The van der Waals surface area contributed by atoms with Gasteiger partial charge in [0.05, 0.1) is 12.8 Å². The van der Waals surface area contributed by atoms with Crippen LogP contribution in [0.3, 0.4) is 0 Å². The van der Waals surface area contributed by atoms with Gasteiger partial charge in [-0.15, -0.1) is 0 Å². The largest absolute Gasteiger partial charge is 0.487 e. The molecule has 2 N–H and O–H groups in total. The molecule has 0 amide bonds. The average molecular weight is 272 g/mol. The molecular formula is C16H20N2O2. The summed E-state index contributed by atoms with van der Waals surface area (Å²) in [6.07, 6.45) is 0.873. The zero-order chi connectivity index (χ0) is 14.4. The van der Waals surface area contributed by atoms with Gasteiger partial charge in [-0.2, -0.15) is 0 Å². The third-order valence-corrected chi connectivity index (χ3v) is 3.12. The van der Waals surface area contributed by atoms with E-state index in [0.29, 0.717) is 12.5 Å². The summed E-state index contributed by atoms with van der Waals surface area (Å²) in [7, 11) is 1.60. The van der Waals surface area contributed by atoms with Crippen molar-refractivity contribution in [2.24, 2.45) is 5.73 Å². The summed E-state index contributed by atoms with van der Waals surface area (Å²) in [5, 5.41) is 0. The number of nitrogens with two attached hydrogens (primary N) is 1. The van der Waals surface area contributed by atoms with Gasteiger partial charge >= 0.3 is 0 Å². The van der Waals surface area contributed by atoms with E-state index in [9.17, 15) is 0 Å². The molecule has 1 heterocycles. The minimum Gasteiger partial charge on any atom is -0.487 e. The van der Waals surface area contributed by atoms with Crippen LogP contribution in [-0.2, 0) is 6.61 Å². The molecule has 0 bridgehead atoms. The molecular weight excluding hydrogens is 252 g/mol. The molecule has 1 aromatic heterocycles. The van der Waals surface area contributed by atoms with Gasteiger partial charge < -0.3 is 15.2 Å². The first-order valence-electron chi connectivity index (χ1n) is 6.71. The monoisotopic (exact) mass is 272 g/mol. The SMILES string of the molecule is CC[C@H](N)c1ccccc1OCc1cccc(OC)n1. The number of rotatable bonds is 6. The van der Waals surface area contributed by atoms with Gasteiger partial charge in [0, 0.05) is 17.7 Å². The summed E-state index contributed by atoms with van der Waals surface area (Å²) in [5.41, 5.74) is 7.94. The third-order valence-electron chi connectivity index (χ3n) is 3.12. The molecule has 0 spiro atoms. The van der Waals surface area contributed by atoms with Crippen LogP contribution < -0.4 is 15.2 Å². The van der Waals surface area contributed by atoms with Crippen LogP contribution >= 0.6 is 0 Å². The summed E-state index contributed by atoms with van der Waals surface area (Å²) in [6.45, 7) is 2.45. The van der Waals surface area contributed by atoms with Crippen molar-refractivity contribution < 1.29 is 9.47 Å². The lowest BCUT2D eigenvalue weighted by Crippen LogP contribution is -2.11. The Kier molecular flexibility index (Phi) is 4.96. The van der Waals surface area contributed by atoms with E-state index >= 15 is 0 Å². The molecule has 0 aliphatic rings. The Morgan fingerprint density at radius 3 is 2.70 bits per heavy atom. The predicted octanol–water partition coefficient (Wildman–Crippen LogP) is 3.08. The van der Waals surface area contributed by atoms with Crippen molar-refractivity contribution in [3.05, 3.63) is 53.7 Å². The summed E-state index contributed by atoms with van der Waals surface area (Å²) in [4.78, 5) is 4.32. The molecule has 20 heavy (non-hydrogen) atoms. The minimum absolute atomic E-state index is 0.00975. The number of aromatic nitrogens is 1. The second kappa shape index (κ2) is 6.91. The summed E-state index contributed by atoms with van der Waals surface area (Å²) < 4.78 is 10.9.